The van der Waals surface area contributed by atoms with Crippen molar-refractivity contribution in [1.29, 1.82) is 0 Å². The smallest absolute Gasteiger partial charge is 0.274 e. The number of hydrogen-bond acceptors (Lipinski definition) is 6. The van der Waals surface area contributed by atoms with Gasteiger partial charge in [-0.1, -0.05) is 31.2 Å². The summed E-state index contributed by atoms with van der Waals surface area (Å²) in [5.41, 5.74) is 4.04. The van der Waals surface area contributed by atoms with Gasteiger partial charge >= 0.3 is 0 Å². The van der Waals surface area contributed by atoms with Gasteiger partial charge in [0.25, 0.3) is 11.8 Å². The summed E-state index contributed by atoms with van der Waals surface area (Å²) < 4.78 is 1.81. The Kier molecular flexibility index (Phi) is 5.76. The second-order valence-electron chi connectivity index (χ2n) is 8.21. The van der Waals surface area contributed by atoms with Gasteiger partial charge in [-0.05, 0) is 37.8 Å². The van der Waals surface area contributed by atoms with Crippen LogP contribution < -0.4 is 5.32 Å². The van der Waals surface area contributed by atoms with Gasteiger partial charge < -0.3 is 10.2 Å². The van der Waals surface area contributed by atoms with E-state index in [1.165, 1.54) is 16.9 Å². The molecule has 3 aromatic heterocycles. The highest BCUT2D eigenvalue weighted by molar-refractivity contribution is 7.15. The van der Waals surface area contributed by atoms with E-state index in [9.17, 15) is 9.59 Å². The van der Waals surface area contributed by atoms with E-state index in [4.69, 9.17) is 0 Å². The number of imidazole rings is 1. The van der Waals surface area contributed by atoms with Gasteiger partial charge in [-0.25, -0.2) is 9.97 Å². The minimum absolute atomic E-state index is 0.0371. The minimum atomic E-state index is -0.168. The van der Waals surface area contributed by atoms with Gasteiger partial charge in [0.1, 0.15) is 11.4 Å². The molecule has 9 heteroatoms. The standard InChI is InChI=1S/C24H25N5O2S2/c1-4-16-5-7-17(8-6-16)21-19(27-15(3)33-21)23(31)28-10-9-18(28)13-25-22(30)20-14(2)26-24-29(20)11-12-32-24/h5-8,11-12,18H,4,9-10,13H2,1-3H3,(H,25,30). The highest BCUT2D eigenvalue weighted by atomic mass is 32.1. The molecule has 33 heavy (non-hydrogen) atoms. The number of carbonyl (C=O) groups excluding carboxylic acids is 2. The molecular formula is C24H25N5O2S2. The van der Waals surface area contributed by atoms with Crippen molar-refractivity contribution in [1.82, 2.24) is 24.6 Å². The van der Waals surface area contributed by atoms with Crippen LogP contribution in [0.25, 0.3) is 15.4 Å². The number of carbonyl (C=O) groups is 2. The summed E-state index contributed by atoms with van der Waals surface area (Å²) in [7, 11) is 0. The second-order valence-corrected chi connectivity index (χ2v) is 10.3. The fourth-order valence-electron chi connectivity index (χ4n) is 4.18. The Morgan fingerprint density at radius 3 is 2.67 bits per heavy atom. The van der Waals surface area contributed by atoms with E-state index < -0.39 is 0 Å². The molecule has 2 amide bonds. The van der Waals surface area contributed by atoms with E-state index in [1.807, 2.05) is 34.7 Å². The first-order valence-electron chi connectivity index (χ1n) is 11.0. The Bertz CT molecular complexity index is 1330. The maximum absolute atomic E-state index is 13.4. The lowest BCUT2D eigenvalue weighted by atomic mass is 10.0. The molecule has 1 atom stereocenters. The molecule has 0 aliphatic carbocycles. The molecule has 1 aliphatic heterocycles. The predicted octanol–water partition coefficient (Wildman–Crippen LogP) is 4.34. The van der Waals surface area contributed by atoms with E-state index in [0.29, 0.717) is 30.2 Å². The number of thiazole rings is 2. The zero-order chi connectivity index (χ0) is 23.1. The maximum atomic E-state index is 13.4. The van der Waals surface area contributed by atoms with Crippen molar-refractivity contribution in [3.63, 3.8) is 0 Å². The molecular weight excluding hydrogens is 454 g/mol. The number of hydrogen-bond donors (Lipinski definition) is 1. The van der Waals surface area contributed by atoms with Gasteiger partial charge in [0.05, 0.1) is 21.6 Å². The SMILES string of the molecule is CCc1ccc(-c2sc(C)nc2C(=O)N2CCC2CNC(=O)c2c(C)nc3sccn23)cc1. The number of aromatic nitrogens is 3. The maximum Gasteiger partial charge on any atom is 0.274 e. The summed E-state index contributed by atoms with van der Waals surface area (Å²) >= 11 is 3.04. The number of amides is 2. The second kappa shape index (κ2) is 8.72. The quantitative estimate of drug-likeness (QED) is 0.446. The molecule has 1 unspecified atom stereocenters. The molecule has 1 N–H and O–H groups in total. The molecule has 4 aromatic rings. The van der Waals surface area contributed by atoms with Crippen LogP contribution in [-0.4, -0.2) is 50.2 Å². The van der Waals surface area contributed by atoms with Gasteiger partial charge in [0.15, 0.2) is 4.96 Å². The van der Waals surface area contributed by atoms with E-state index in [0.717, 1.165) is 33.3 Å². The van der Waals surface area contributed by atoms with Gasteiger partial charge in [-0.2, -0.15) is 0 Å². The molecule has 1 aliphatic rings. The molecule has 170 valence electrons. The predicted molar refractivity (Wildman–Crippen MR) is 131 cm³/mol. The average molecular weight is 480 g/mol. The third-order valence-corrected chi connectivity index (χ3v) is 7.89. The number of rotatable bonds is 6. The zero-order valence-corrected chi connectivity index (χ0v) is 20.4. The molecule has 4 heterocycles. The van der Waals surface area contributed by atoms with Crippen LogP contribution in [0.1, 0.15) is 50.6 Å². The van der Waals surface area contributed by atoms with Crippen molar-refractivity contribution in [2.45, 2.75) is 39.7 Å². The van der Waals surface area contributed by atoms with Crippen LogP contribution in [0, 0.1) is 13.8 Å². The lowest BCUT2D eigenvalue weighted by molar-refractivity contribution is 0.0451. The van der Waals surface area contributed by atoms with Crippen LogP contribution in [0.15, 0.2) is 35.8 Å². The van der Waals surface area contributed by atoms with Crippen LogP contribution >= 0.6 is 22.7 Å². The minimum Gasteiger partial charge on any atom is -0.349 e. The van der Waals surface area contributed by atoms with Crippen molar-refractivity contribution < 1.29 is 9.59 Å². The molecule has 1 aromatic carbocycles. The Morgan fingerprint density at radius 2 is 1.97 bits per heavy atom. The van der Waals surface area contributed by atoms with Gasteiger partial charge in [0, 0.05) is 24.7 Å². The first-order chi connectivity index (χ1) is 16.0. The largest absolute Gasteiger partial charge is 0.349 e. The topological polar surface area (TPSA) is 79.6 Å². The summed E-state index contributed by atoms with van der Waals surface area (Å²) in [5.74, 6) is -0.237. The highest BCUT2D eigenvalue weighted by Crippen LogP contribution is 2.33. The third-order valence-electron chi connectivity index (χ3n) is 6.12. The lowest BCUT2D eigenvalue weighted by Crippen LogP contribution is -2.56. The monoisotopic (exact) mass is 479 g/mol. The van der Waals surface area contributed by atoms with Crippen LogP contribution in [0.2, 0.25) is 0 Å². The summed E-state index contributed by atoms with van der Waals surface area (Å²) in [6.07, 6.45) is 3.69. The summed E-state index contributed by atoms with van der Waals surface area (Å²) in [6.45, 7) is 6.97. The molecule has 5 rings (SSSR count). The summed E-state index contributed by atoms with van der Waals surface area (Å²) in [4.78, 5) is 38.8. The third kappa shape index (κ3) is 3.95. The van der Waals surface area contributed by atoms with Crippen LogP contribution in [-0.2, 0) is 6.42 Å². The molecule has 0 saturated carbocycles. The van der Waals surface area contributed by atoms with Crippen molar-refractivity contribution in [3.05, 3.63) is 63.5 Å². The van der Waals surface area contributed by atoms with Gasteiger partial charge in [0.2, 0.25) is 0 Å². The number of nitrogens with zero attached hydrogens (tertiary/aromatic N) is 4. The zero-order valence-electron chi connectivity index (χ0n) is 18.8. The summed E-state index contributed by atoms with van der Waals surface area (Å²) in [5, 5.41) is 5.78. The molecule has 0 spiro atoms. The van der Waals surface area contributed by atoms with Gasteiger partial charge in [-0.15, -0.1) is 22.7 Å². The Labute approximate surface area is 200 Å². The first kappa shape index (κ1) is 21.8. The fraction of sp³-hybridized carbons (Fsp3) is 0.333. The van der Waals surface area contributed by atoms with E-state index in [-0.39, 0.29) is 17.9 Å². The molecule has 1 saturated heterocycles. The molecule has 7 nitrogen and oxygen atoms in total. The van der Waals surface area contributed by atoms with Crippen LogP contribution in [0.3, 0.4) is 0 Å². The van der Waals surface area contributed by atoms with E-state index >= 15 is 0 Å². The number of benzene rings is 1. The molecule has 0 radical (unpaired) electrons. The van der Waals surface area contributed by atoms with Crippen molar-refractivity contribution in [2.24, 2.45) is 0 Å². The lowest BCUT2D eigenvalue weighted by Gasteiger charge is -2.40. The fourth-order valence-corrected chi connectivity index (χ4v) is 5.85. The molecule has 1 fully saturated rings. The Balaban J connectivity index is 1.30. The Hall–Kier alpha value is -3.04. The van der Waals surface area contributed by atoms with Gasteiger partial charge in [-0.3, -0.25) is 14.0 Å². The van der Waals surface area contributed by atoms with Crippen LogP contribution in [0.4, 0.5) is 0 Å². The van der Waals surface area contributed by atoms with E-state index in [1.54, 1.807) is 11.3 Å². The number of nitrogens with one attached hydrogen (secondary N) is 1. The Morgan fingerprint density at radius 1 is 1.18 bits per heavy atom. The van der Waals surface area contributed by atoms with Crippen molar-refractivity contribution in [2.75, 3.05) is 13.1 Å². The number of likely N-dealkylation sites (tertiary alicyclic amines) is 1. The molecule has 0 bridgehead atoms. The summed E-state index contributed by atoms with van der Waals surface area (Å²) in [6, 6.07) is 8.29. The number of aryl methyl sites for hydroxylation is 3. The van der Waals surface area contributed by atoms with Crippen molar-refractivity contribution in [3.8, 4) is 10.4 Å². The van der Waals surface area contributed by atoms with Crippen LogP contribution in [0.5, 0.6) is 0 Å². The highest BCUT2D eigenvalue weighted by Gasteiger charge is 2.35. The van der Waals surface area contributed by atoms with E-state index in [2.05, 4.69) is 46.5 Å². The average Bonchev–Trinajstić information content (AvgIpc) is 3.47. The number of fused-ring (bicyclic) bond motifs is 1. The van der Waals surface area contributed by atoms with Crippen molar-refractivity contribution >= 4 is 39.4 Å². The normalized spacial score (nSPS) is 15.6. The first-order valence-corrected chi connectivity index (χ1v) is 12.7.